The molecule has 0 heterocycles. The second-order valence-corrected chi connectivity index (χ2v) is 0. The molecule has 38 valence electrons. The molecule has 4 N–H and O–H groups in total. The van der Waals surface area contributed by atoms with Gasteiger partial charge in [-0.25, -0.2) is 0 Å². The summed E-state index contributed by atoms with van der Waals surface area (Å²) in [5.41, 5.74) is 0. The van der Waals surface area contributed by atoms with E-state index in [-0.39, 0.29) is 45.9 Å². The van der Waals surface area contributed by atoms with Gasteiger partial charge >= 0.3 is 17.1 Å². The summed E-state index contributed by atoms with van der Waals surface area (Å²) < 4.78 is 0. The summed E-state index contributed by atoms with van der Waals surface area (Å²) in [7, 11) is 0. The fraction of sp³-hybridized carbons (Fsp3) is 0. The van der Waals surface area contributed by atoms with Gasteiger partial charge in [0.25, 0.3) is 0 Å². The summed E-state index contributed by atoms with van der Waals surface area (Å²) in [6.45, 7) is 0. The molecule has 0 spiro atoms. The largest absolute Gasteiger partial charge is 2.00 e. The minimum absolute atomic E-state index is 0. The topological polar surface area (TPSA) is 91.5 Å². The Balaban J connectivity index is 0. The van der Waals surface area contributed by atoms with Crippen molar-refractivity contribution in [2.45, 2.75) is 0 Å². The molecule has 0 bridgehead atoms. The molecule has 5 heavy (non-hydrogen) atoms. The molecule has 0 atom stereocenters. The van der Waals surface area contributed by atoms with Gasteiger partial charge in [0.1, 0.15) is 0 Å². The smallest absolute Gasteiger partial charge is 2.00 e. The van der Waals surface area contributed by atoms with Gasteiger partial charge in [-0.1, -0.05) is 0 Å². The molecule has 0 unspecified atom stereocenters. The van der Waals surface area contributed by atoms with Gasteiger partial charge in [0, 0.05) is 0 Å². The first-order chi connectivity index (χ1) is 0. The Bertz CT molecular complexity index is 6.85. The van der Waals surface area contributed by atoms with E-state index in [2.05, 4.69) is 0 Å². The van der Waals surface area contributed by atoms with Crippen molar-refractivity contribution in [3.8, 4) is 0 Å². The van der Waals surface area contributed by atoms with Crippen LogP contribution in [0.3, 0.4) is 0 Å². The van der Waals surface area contributed by atoms with Crippen molar-refractivity contribution >= 4 is 12.4 Å². The average molecular weight is 144 g/mol. The molecule has 0 aromatic carbocycles. The zero-order valence-electron chi connectivity index (χ0n) is 2.17. The van der Waals surface area contributed by atoms with Crippen LogP contribution in [0.2, 0.25) is 0 Å². The molecule has 0 fully saturated rings. The van der Waals surface area contributed by atoms with Crippen LogP contribution in [-0.2, 0) is 22.5 Å². The molecule has 0 aliphatic rings. The minimum atomic E-state index is 0. The van der Waals surface area contributed by atoms with Crippen LogP contribution >= 0.6 is 12.4 Å². The van der Waals surface area contributed by atoms with Gasteiger partial charge in [-0.05, 0) is 0 Å². The van der Waals surface area contributed by atoms with Gasteiger partial charge in [0.15, 0.2) is 0 Å². The molecular weight excluding hydrogens is 139 g/mol. The predicted octanol–water partition coefficient (Wildman–Crippen LogP) is -1.35. The molecule has 0 aliphatic carbocycles. The molecule has 0 radical (unpaired) electrons. The van der Waals surface area contributed by atoms with Crippen LogP contribution in [-0.4, -0.2) is 11.0 Å². The summed E-state index contributed by atoms with van der Waals surface area (Å²) in [4.78, 5) is 0. The van der Waals surface area contributed by atoms with Gasteiger partial charge in [0.2, 0.25) is 0 Å². The van der Waals surface area contributed by atoms with E-state index in [0.29, 0.717) is 0 Å². The Morgan fingerprint density at radius 1 is 0.800 bits per heavy atom. The molecule has 0 rings (SSSR count). The van der Waals surface area contributed by atoms with Gasteiger partial charge in [-0.3, -0.25) is 0 Å². The van der Waals surface area contributed by atoms with Crippen molar-refractivity contribution in [3.05, 3.63) is 0 Å². The maximum Gasteiger partial charge on any atom is 2.00 e. The fourth-order valence-corrected chi connectivity index (χ4v) is 0. The zero-order chi connectivity index (χ0) is 0. The number of hydrogen-bond acceptors (Lipinski definition) is 0. The van der Waals surface area contributed by atoms with Crippen molar-refractivity contribution in [1.82, 2.24) is 0 Å². The Morgan fingerprint density at radius 3 is 0.800 bits per heavy atom. The van der Waals surface area contributed by atoms with Crippen LogP contribution in [0, 0.1) is 0 Å². The average Bonchev–Trinajstić information content (AvgIpc) is 0. The fourth-order valence-electron chi connectivity index (χ4n) is 0. The van der Waals surface area contributed by atoms with Crippen LogP contribution < -0.4 is 0 Å². The summed E-state index contributed by atoms with van der Waals surface area (Å²) in [5, 5.41) is 0. The Hall–Kier alpha value is 0.689. The second kappa shape index (κ2) is 134. The van der Waals surface area contributed by atoms with E-state index < -0.39 is 0 Å². The van der Waals surface area contributed by atoms with Crippen LogP contribution in [0.25, 0.3) is 0 Å². The van der Waals surface area contributed by atoms with Gasteiger partial charge in [-0.15, -0.1) is 12.4 Å². The van der Waals surface area contributed by atoms with Gasteiger partial charge < -0.3 is 16.4 Å². The van der Waals surface area contributed by atoms with E-state index in [1.807, 2.05) is 0 Å². The van der Waals surface area contributed by atoms with Crippen molar-refractivity contribution in [1.29, 1.82) is 0 Å². The summed E-state index contributed by atoms with van der Waals surface area (Å²) in [6, 6.07) is 0. The number of hydrogen-bond donors (Lipinski definition) is 0. The zero-order valence-corrected chi connectivity index (χ0v) is 4.09. The standard InChI is InChI=1S/ClH.Fe.2H2O.O/h1H;;2*1H2;/q;+2;;;-2. The van der Waals surface area contributed by atoms with E-state index in [9.17, 15) is 0 Å². The quantitative estimate of drug-likeness (QED) is 0.376. The van der Waals surface area contributed by atoms with Gasteiger partial charge in [-0.2, -0.15) is 0 Å². The summed E-state index contributed by atoms with van der Waals surface area (Å²) in [6.07, 6.45) is 0. The molecule has 0 saturated heterocycles. The molecule has 0 aromatic rings. The van der Waals surface area contributed by atoms with E-state index in [1.54, 1.807) is 0 Å². The third-order valence-electron chi connectivity index (χ3n) is 0. The first-order valence-corrected chi connectivity index (χ1v) is 0. The monoisotopic (exact) mass is 144 g/mol. The van der Waals surface area contributed by atoms with Crippen molar-refractivity contribution in [2.24, 2.45) is 0 Å². The molecular formula is H5ClFeO3. The summed E-state index contributed by atoms with van der Waals surface area (Å²) in [5.74, 6) is 0. The first-order valence-electron chi connectivity index (χ1n) is 0. The molecule has 0 amide bonds. The normalized spacial score (nSPS) is 0. The van der Waals surface area contributed by atoms with Gasteiger partial charge in [0.05, 0.1) is 0 Å². The van der Waals surface area contributed by atoms with E-state index in [1.165, 1.54) is 0 Å². The van der Waals surface area contributed by atoms with Crippen LogP contribution in [0.15, 0.2) is 0 Å². The number of halogens is 1. The predicted molar refractivity (Wildman–Crippen MR) is 15.2 cm³/mol. The van der Waals surface area contributed by atoms with Crippen molar-refractivity contribution in [3.63, 3.8) is 0 Å². The third-order valence-corrected chi connectivity index (χ3v) is 0. The van der Waals surface area contributed by atoms with Crippen molar-refractivity contribution < 1.29 is 33.5 Å². The SMILES string of the molecule is Cl.O.O.[Fe+2].[O-2]. The molecule has 3 nitrogen and oxygen atoms in total. The third kappa shape index (κ3) is 71.4. The second-order valence-electron chi connectivity index (χ2n) is 0. The van der Waals surface area contributed by atoms with Crippen molar-refractivity contribution in [2.75, 3.05) is 0 Å². The van der Waals surface area contributed by atoms with Crippen LogP contribution in [0.1, 0.15) is 0 Å². The van der Waals surface area contributed by atoms with Crippen LogP contribution in [0.5, 0.6) is 0 Å². The Labute approximate surface area is 46.6 Å². The molecule has 0 aliphatic heterocycles. The first kappa shape index (κ1) is 263. The molecule has 0 aromatic heterocycles. The van der Waals surface area contributed by atoms with E-state index in [0.717, 1.165) is 0 Å². The van der Waals surface area contributed by atoms with E-state index in [4.69, 9.17) is 0 Å². The number of rotatable bonds is 0. The molecule has 5 heteroatoms. The van der Waals surface area contributed by atoms with Crippen LogP contribution in [0.4, 0.5) is 0 Å². The Kier molecular flexibility index (Phi) is 7070. The van der Waals surface area contributed by atoms with E-state index >= 15 is 0 Å². The maximum atomic E-state index is 0. The molecule has 0 saturated carbocycles. The Morgan fingerprint density at radius 2 is 0.800 bits per heavy atom. The minimum Gasteiger partial charge on any atom is -2.00 e. The maximum absolute atomic E-state index is 0. The summed E-state index contributed by atoms with van der Waals surface area (Å²) >= 11 is 0.